The van der Waals surface area contributed by atoms with Gasteiger partial charge in [0.2, 0.25) is 0 Å². The Morgan fingerprint density at radius 1 is 1.04 bits per heavy atom. The number of hydrogen-bond acceptors (Lipinski definition) is 6. The molecule has 0 aliphatic carbocycles. The molecule has 0 fully saturated rings. The second-order valence-corrected chi connectivity index (χ2v) is 6.69. The van der Waals surface area contributed by atoms with E-state index < -0.39 is 11.6 Å². The number of halogens is 2. The van der Waals surface area contributed by atoms with E-state index in [-0.39, 0.29) is 16.7 Å². The predicted molar refractivity (Wildman–Crippen MR) is 97.7 cm³/mol. The highest BCUT2D eigenvalue weighted by Gasteiger charge is 2.40. The van der Waals surface area contributed by atoms with E-state index in [9.17, 15) is 0 Å². The fourth-order valence-corrected chi connectivity index (χ4v) is 3.52. The minimum Gasteiger partial charge on any atom is -0.335 e. The minimum atomic E-state index is -3.35. The van der Waals surface area contributed by atoms with E-state index in [0.29, 0.717) is 22.2 Å². The van der Waals surface area contributed by atoms with Gasteiger partial charge in [0.1, 0.15) is 0 Å². The van der Waals surface area contributed by atoms with Crippen molar-refractivity contribution in [2.24, 2.45) is 0 Å². The molecule has 0 saturated heterocycles. The fraction of sp³-hybridized carbons (Fsp3) is 0.0526. The molecule has 5 rings (SSSR count). The molecule has 0 amide bonds. The van der Waals surface area contributed by atoms with Crippen LogP contribution in [0.2, 0.25) is 0 Å². The highest BCUT2D eigenvalue weighted by atomic mass is 32.1. The SMILES string of the molecule is FC(F)(c1ccc2ncccc2c1)c1noc2ncc(-c3cscn3)cc12. The maximum Gasteiger partial charge on any atom is 0.319 e. The number of thiazole rings is 1. The smallest absolute Gasteiger partial charge is 0.319 e. The lowest BCUT2D eigenvalue weighted by molar-refractivity contribution is 0.0362. The van der Waals surface area contributed by atoms with Crippen molar-refractivity contribution in [2.75, 3.05) is 0 Å². The lowest BCUT2D eigenvalue weighted by Gasteiger charge is -2.15. The molecule has 0 aliphatic rings. The normalized spacial score (nSPS) is 12.1. The molecule has 0 unspecified atom stereocenters. The van der Waals surface area contributed by atoms with Gasteiger partial charge in [-0.2, -0.15) is 8.78 Å². The van der Waals surface area contributed by atoms with E-state index in [1.807, 2.05) is 5.38 Å². The summed E-state index contributed by atoms with van der Waals surface area (Å²) in [5.41, 5.74) is 3.03. The summed E-state index contributed by atoms with van der Waals surface area (Å²) in [6, 6.07) is 9.37. The highest BCUT2D eigenvalue weighted by molar-refractivity contribution is 7.07. The van der Waals surface area contributed by atoms with Crippen LogP contribution in [0.25, 0.3) is 33.3 Å². The van der Waals surface area contributed by atoms with Gasteiger partial charge in [0.15, 0.2) is 5.69 Å². The average molecular weight is 380 g/mol. The van der Waals surface area contributed by atoms with Crippen LogP contribution in [0, 0.1) is 0 Å². The fourth-order valence-electron chi connectivity index (χ4n) is 2.96. The van der Waals surface area contributed by atoms with E-state index in [2.05, 4.69) is 20.1 Å². The molecule has 8 heteroatoms. The largest absolute Gasteiger partial charge is 0.335 e. The number of alkyl halides is 2. The van der Waals surface area contributed by atoms with Crippen LogP contribution in [0.1, 0.15) is 11.3 Å². The quantitative estimate of drug-likeness (QED) is 0.439. The Bertz CT molecular complexity index is 1270. The van der Waals surface area contributed by atoms with Crippen molar-refractivity contribution in [1.29, 1.82) is 0 Å². The van der Waals surface area contributed by atoms with Crippen LogP contribution in [0.5, 0.6) is 0 Å². The third-order valence-electron chi connectivity index (χ3n) is 4.32. The van der Waals surface area contributed by atoms with Crippen molar-refractivity contribution in [3.63, 3.8) is 0 Å². The Kier molecular flexibility index (Phi) is 3.48. The molecular formula is C19H10F2N4OS. The number of benzene rings is 1. The van der Waals surface area contributed by atoms with Crippen molar-refractivity contribution in [1.82, 2.24) is 20.1 Å². The van der Waals surface area contributed by atoms with E-state index in [1.54, 1.807) is 36.0 Å². The molecule has 132 valence electrons. The predicted octanol–water partition coefficient (Wildman–Crippen LogP) is 5.03. The summed E-state index contributed by atoms with van der Waals surface area (Å²) in [6.45, 7) is 0. The van der Waals surface area contributed by atoms with Crippen LogP contribution < -0.4 is 0 Å². The van der Waals surface area contributed by atoms with Crippen LogP contribution in [0.15, 0.2) is 64.2 Å². The molecule has 0 aliphatic heterocycles. The first-order valence-corrected chi connectivity index (χ1v) is 8.95. The molecule has 1 aromatic carbocycles. The summed E-state index contributed by atoms with van der Waals surface area (Å²) in [4.78, 5) is 12.5. The molecule has 0 bridgehead atoms. The summed E-state index contributed by atoms with van der Waals surface area (Å²) >= 11 is 1.42. The zero-order valence-corrected chi connectivity index (χ0v) is 14.5. The van der Waals surface area contributed by atoms with E-state index >= 15 is 8.78 Å². The van der Waals surface area contributed by atoms with Gasteiger partial charge >= 0.3 is 5.92 Å². The molecule has 5 nitrogen and oxygen atoms in total. The van der Waals surface area contributed by atoms with Crippen molar-refractivity contribution in [3.05, 3.63) is 70.9 Å². The van der Waals surface area contributed by atoms with Gasteiger partial charge in [-0.3, -0.25) is 4.98 Å². The molecule has 5 aromatic rings. The molecule has 27 heavy (non-hydrogen) atoms. The van der Waals surface area contributed by atoms with Gasteiger partial charge in [-0.05, 0) is 24.3 Å². The van der Waals surface area contributed by atoms with Gasteiger partial charge in [-0.15, -0.1) is 11.3 Å². The first kappa shape index (κ1) is 16.0. The Morgan fingerprint density at radius 3 is 2.81 bits per heavy atom. The summed E-state index contributed by atoms with van der Waals surface area (Å²) in [5.74, 6) is -3.35. The van der Waals surface area contributed by atoms with Crippen LogP contribution in [-0.4, -0.2) is 20.1 Å². The van der Waals surface area contributed by atoms with Crippen LogP contribution >= 0.6 is 11.3 Å². The second kappa shape index (κ2) is 5.88. The lowest BCUT2D eigenvalue weighted by atomic mass is 10.0. The Hall–Kier alpha value is -3.26. The first-order valence-electron chi connectivity index (χ1n) is 8.00. The molecule has 0 saturated carbocycles. The van der Waals surface area contributed by atoms with Crippen molar-refractivity contribution in [3.8, 4) is 11.3 Å². The zero-order valence-electron chi connectivity index (χ0n) is 13.6. The zero-order chi connectivity index (χ0) is 18.4. The molecule has 4 heterocycles. The summed E-state index contributed by atoms with van der Waals surface area (Å²) < 4.78 is 35.6. The van der Waals surface area contributed by atoms with Crippen molar-refractivity contribution >= 4 is 33.3 Å². The monoisotopic (exact) mass is 380 g/mol. The molecule has 0 radical (unpaired) electrons. The standard InChI is InChI=1S/C19H10F2N4OS/c20-19(21,13-3-4-15-11(6-13)2-1-5-22-15)17-14-7-12(16-9-27-10-24-16)8-23-18(14)26-25-17/h1-10H. The van der Waals surface area contributed by atoms with Gasteiger partial charge in [0.25, 0.3) is 5.71 Å². The van der Waals surface area contributed by atoms with Crippen LogP contribution in [0.4, 0.5) is 8.78 Å². The highest BCUT2D eigenvalue weighted by Crippen LogP contribution is 2.40. The lowest BCUT2D eigenvalue weighted by Crippen LogP contribution is -2.16. The van der Waals surface area contributed by atoms with E-state index in [4.69, 9.17) is 4.52 Å². The van der Waals surface area contributed by atoms with Gasteiger partial charge in [-0.1, -0.05) is 17.3 Å². The molecule has 4 aromatic heterocycles. The molecular weight excluding hydrogens is 370 g/mol. The number of nitrogens with zero attached hydrogens (tertiary/aromatic N) is 4. The maximum absolute atomic E-state index is 15.3. The molecule has 0 spiro atoms. The van der Waals surface area contributed by atoms with Gasteiger partial charge < -0.3 is 4.52 Å². The topological polar surface area (TPSA) is 64.7 Å². The van der Waals surface area contributed by atoms with Crippen LogP contribution in [-0.2, 0) is 5.92 Å². The number of pyridine rings is 2. The summed E-state index contributed by atoms with van der Waals surface area (Å²) in [5, 5.41) is 6.24. The van der Waals surface area contributed by atoms with E-state index in [1.165, 1.54) is 29.7 Å². The maximum atomic E-state index is 15.3. The third kappa shape index (κ3) is 2.57. The third-order valence-corrected chi connectivity index (χ3v) is 4.91. The number of fused-ring (bicyclic) bond motifs is 2. The Labute approximate surface area is 155 Å². The minimum absolute atomic E-state index is 0.0612. The first-order chi connectivity index (χ1) is 13.1. The number of aromatic nitrogens is 4. The second-order valence-electron chi connectivity index (χ2n) is 5.97. The average Bonchev–Trinajstić information content (AvgIpc) is 3.37. The summed E-state index contributed by atoms with van der Waals surface area (Å²) in [7, 11) is 0. The Morgan fingerprint density at radius 2 is 1.96 bits per heavy atom. The van der Waals surface area contributed by atoms with Crippen molar-refractivity contribution < 1.29 is 13.3 Å². The number of hydrogen-bond donors (Lipinski definition) is 0. The summed E-state index contributed by atoms with van der Waals surface area (Å²) in [6.07, 6.45) is 3.16. The van der Waals surface area contributed by atoms with Gasteiger partial charge in [0, 0.05) is 34.3 Å². The van der Waals surface area contributed by atoms with E-state index in [0.717, 1.165) is 0 Å². The van der Waals surface area contributed by atoms with Crippen LogP contribution in [0.3, 0.4) is 0 Å². The Balaban J connectivity index is 1.67. The van der Waals surface area contributed by atoms with Gasteiger partial charge in [0.05, 0.1) is 22.1 Å². The van der Waals surface area contributed by atoms with Gasteiger partial charge in [-0.25, -0.2) is 9.97 Å². The molecule has 0 N–H and O–H groups in total. The number of rotatable bonds is 3. The molecule has 0 atom stereocenters. The van der Waals surface area contributed by atoms with Crippen molar-refractivity contribution in [2.45, 2.75) is 5.92 Å².